The van der Waals surface area contributed by atoms with E-state index in [0.29, 0.717) is 23.1 Å². The van der Waals surface area contributed by atoms with E-state index in [-0.39, 0.29) is 10.6 Å². The van der Waals surface area contributed by atoms with E-state index in [0.717, 1.165) is 5.56 Å². The number of fused-ring (bicyclic) bond motifs is 1. The highest BCUT2D eigenvalue weighted by Gasteiger charge is 2.19. The van der Waals surface area contributed by atoms with E-state index in [4.69, 9.17) is 4.74 Å². The van der Waals surface area contributed by atoms with Gasteiger partial charge in [-0.2, -0.15) is 0 Å². The molecular weight excluding hydrogens is 220 g/mol. The van der Waals surface area contributed by atoms with Crippen molar-refractivity contribution in [2.45, 2.75) is 6.42 Å². The molecule has 0 aliphatic heterocycles. The van der Waals surface area contributed by atoms with Crippen LogP contribution in [0.2, 0.25) is 0 Å². The number of nitrogens with one attached hydrogen (secondary N) is 1. The second-order valence-corrected chi connectivity index (χ2v) is 3.60. The molecule has 88 valence electrons. The molecule has 0 aliphatic carbocycles. The number of non-ortho nitro benzene ring substituents is 1. The number of nitrogens with zero attached hydrogens (tertiary/aromatic N) is 1. The molecule has 0 amide bonds. The van der Waals surface area contributed by atoms with Crippen LogP contribution in [0.15, 0.2) is 31.0 Å². The summed E-state index contributed by atoms with van der Waals surface area (Å²) in [5, 5.41) is 11.6. The van der Waals surface area contributed by atoms with Gasteiger partial charge < -0.3 is 9.72 Å². The number of nitro groups is 1. The van der Waals surface area contributed by atoms with Crippen LogP contribution in [0.25, 0.3) is 10.9 Å². The average molecular weight is 232 g/mol. The Morgan fingerprint density at radius 2 is 2.35 bits per heavy atom. The number of aromatic nitrogens is 1. The van der Waals surface area contributed by atoms with Crippen molar-refractivity contribution in [1.29, 1.82) is 0 Å². The first kappa shape index (κ1) is 11.2. The molecule has 0 spiro atoms. The molecule has 5 heteroatoms. The van der Waals surface area contributed by atoms with E-state index in [1.807, 2.05) is 0 Å². The third-order valence-electron chi connectivity index (χ3n) is 2.64. The zero-order valence-corrected chi connectivity index (χ0v) is 9.40. The van der Waals surface area contributed by atoms with Crippen LogP contribution in [0.3, 0.4) is 0 Å². The summed E-state index contributed by atoms with van der Waals surface area (Å²) in [5.74, 6) is 0.598. The van der Waals surface area contributed by atoms with Gasteiger partial charge in [-0.15, -0.1) is 6.58 Å². The Kier molecular flexibility index (Phi) is 2.82. The molecule has 0 saturated carbocycles. The molecule has 0 atom stereocenters. The van der Waals surface area contributed by atoms with E-state index in [1.165, 1.54) is 13.2 Å². The second kappa shape index (κ2) is 4.29. The lowest BCUT2D eigenvalue weighted by Crippen LogP contribution is -1.92. The van der Waals surface area contributed by atoms with Gasteiger partial charge in [0.2, 0.25) is 0 Å². The summed E-state index contributed by atoms with van der Waals surface area (Å²) in [5.41, 5.74) is 1.58. The minimum absolute atomic E-state index is 0.0823. The molecule has 1 aromatic carbocycles. The first-order valence-corrected chi connectivity index (χ1v) is 5.11. The van der Waals surface area contributed by atoms with E-state index >= 15 is 0 Å². The fourth-order valence-corrected chi connectivity index (χ4v) is 1.91. The summed E-state index contributed by atoms with van der Waals surface area (Å²) in [6, 6.07) is 3.05. The largest absolute Gasteiger partial charge is 0.495 e. The maximum absolute atomic E-state index is 11.0. The maximum Gasteiger partial charge on any atom is 0.279 e. The maximum atomic E-state index is 11.0. The Morgan fingerprint density at radius 3 is 2.94 bits per heavy atom. The first-order chi connectivity index (χ1) is 8.19. The number of methoxy groups -OCH3 is 1. The van der Waals surface area contributed by atoms with Crippen LogP contribution < -0.4 is 4.74 Å². The van der Waals surface area contributed by atoms with E-state index in [9.17, 15) is 10.1 Å². The summed E-state index contributed by atoms with van der Waals surface area (Å²) in [6.07, 6.45) is 4.04. The smallest absolute Gasteiger partial charge is 0.279 e. The van der Waals surface area contributed by atoms with Gasteiger partial charge in [0.25, 0.3) is 5.69 Å². The van der Waals surface area contributed by atoms with Crippen molar-refractivity contribution >= 4 is 16.6 Å². The summed E-state index contributed by atoms with van der Waals surface area (Å²) in [6.45, 7) is 3.64. The summed E-state index contributed by atoms with van der Waals surface area (Å²) < 4.78 is 5.17. The lowest BCUT2D eigenvalue weighted by Gasteiger charge is -2.02. The number of nitro benzene ring substituents is 1. The van der Waals surface area contributed by atoms with Crippen LogP contribution in [-0.2, 0) is 6.42 Å². The number of ether oxygens (including phenoxy) is 1. The van der Waals surface area contributed by atoms with Crippen molar-refractivity contribution in [2.24, 2.45) is 0 Å². The normalized spacial score (nSPS) is 10.4. The lowest BCUT2D eigenvalue weighted by molar-refractivity contribution is -0.383. The highest BCUT2D eigenvalue weighted by Crippen LogP contribution is 2.34. The van der Waals surface area contributed by atoms with Gasteiger partial charge in [0, 0.05) is 12.3 Å². The molecule has 1 N–H and O–H groups in total. The van der Waals surface area contributed by atoms with Crippen molar-refractivity contribution in [1.82, 2.24) is 4.98 Å². The quantitative estimate of drug-likeness (QED) is 0.500. The van der Waals surface area contributed by atoms with Crippen LogP contribution >= 0.6 is 0 Å². The zero-order valence-electron chi connectivity index (χ0n) is 9.40. The van der Waals surface area contributed by atoms with Crippen molar-refractivity contribution in [2.75, 3.05) is 7.11 Å². The summed E-state index contributed by atoms with van der Waals surface area (Å²) in [7, 11) is 1.54. The van der Waals surface area contributed by atoms with Crippen molar-refractivity contribution < 1.29 is 9.66 Å². The molecule has 1 aromatic heterocycles. The van der Waals surface area contributed by atoms with Crippen LogP contribution in [-0.4, -0.2) is 17.0 Å². The number of rotatable bonds is 4. The predicted molar refractivity (Wildman–Crippen MR) is 65.4 cm³/mol. The molecule has 2 aromatic rings. The number of hydrogen-bond donors (Lipinski definition) is 1. The van der Waals surface area contributed by atoms with Gasteiger partial charge in [0.1, 0.15) is 5.75 Å². The topological polar surface area (TPSA) is 68.2 Å². The van der Waals surface area contributed by atoms with E-state index in [2.05, 4.69) is 11.6 Å². The number of hydrogen-bond acceptors (Lipinski definition) is 3. The molecule has 17 heavy (non-hydrogen) atoms. The van der Waals surface area contributed by atoms with Gasteiger partial charge in [-0.1, -0.05) is 6.08 Å². The molecule has 0 aliphatic rings. The van der Waals surface area contributed by atoms with Gasteiger partial charge in [0.05, 0.1) is 22.9 Å². The number of aromatic amines is 1. The highest BCUT2D eigenvalue weighted by atomic mass is 16.6. The minimum atomic E-state index is -0.387. The van der Waals surface area contributed by atoms with Gasteiger partial charge in [-0.3, -0.25) is 10.1 Å². The van der Waals surface area contributed by atoms with Gasteiger partial charge in [-0.25, -0.2) is 0 Å². The molecule has 0 radical (unpaired) electrons. The Bertz CT molecular complexity index is 587. The van der Waals surface area contributed by atoms with Crippen LogP contribution in [0.5, 0.6) is 5.75 Å². The number of benzene rings is 1. The molecule has 1 heterocycles. The van der Waals surface area contributed by atoms with Gasteiger partial charge >= 0.3 is 0 Å². The second-order valence-electron chi connectivity index (χ2n) is 3.60. The molecule has 2 rings (SSSR count). The first-order valence-electron chi connectivity index (χ1n) is 5.11. The number of H-pyrrole nitrogens is 1. The Balaban J connectivity index is 2.79. The molecule has 0 bridgehead atoms. The van der Waals surface area contributed by atoms with Crippen molar-refractivity contribution in [3.8, 4) is 5.75 Å². The van der Waals surface area contributed by atoms with Gasteiger partial charge in [0.15, 0.2) is 0 Å². The molecule has 0 saturated heterocycles. The van der Waals surface area contributed by atoms with Crippen LogP contribution in [0.1, 0.15) is 5.56 Å². The van der Waals surface area contributed by atoms with Gasteiger partial charge in [-0.05, 0) is 18.1 Å². The predicted octanol–water partition coefficient (Wildman–Crippen LogP) is 2.81. The fourth-order valence-electron chi connectivity index (χ4n) is 1.91. The van der Waals surface area contributed by atoms with Crippen molar-refractivity contribution in [3.63, 3.8) is 0 Å². The van der Waals surface area contributed by atoms with E-state index in [1.54, 1.807) is 18.3 Å². The Labute approximate surface area is 97.9 Å². The third-order valence-corrected chi connectivity index (χ3v) is 2.64. The summed E-state index contributed by atoms with van der Waals surface area (Å²) in [4.78, 5) is 13.6. The zero-order chi connectivity index (χ0) is 12.4. The fraction of sp³-hybridized carbons (Fsp3) is 0.167. The number of allylic oxidation sites excluding steroid dienone is 1. The van der Waals surface area contributed by atoms with Crippen LogP contribution in [0.4, 0.5) is 5.69 Å². The molecule has 5 nitrogen and oxygen atoms in total. The minimum Gasteiger partial charge on any atom is -0.495 e. The van der Waals surface area contributed by atoms with Crippen LogP contribution in [0, 0.1) is 10.1 Å². The molecule has 0 fully saturated rings. The Hall–Kier alpha value is -2.30. The lowest BCUT2D eigenvalue weighted by atomic mass is 10.1. The Morgan fingerprint density at radius 1 is 1.59 bits per heavy atom. The van der Waals surface area contributed by atoms with E-state index < -0.39 is 0 Å². The monoisotopic (exact) mass is 232 g/mol. The standard InChI is InChI=1S/C12H12N2O3/c1-3-4-8-7-13-12-10(17-2)6-5-9(11(8)12)14(15)16/h3,5-7,13H,1,4H2,2H3. The molecule has 0 unspecified atom stereocenters. The highest BCUT2D eigenvalue weighted by molar-refractivity contribution is 5.96. The van der Waals surface area contributed by atoms with Crippen molar-refractivity contribution in [3.05, 3.63) is 46.7 Å². The summed E-state index contributed by atoms with van der Waals surface area (Å²) >= 11 is 0. The molecular formula is C12H12N2O3. The average Bonchev–Trinajstić information content (AvgIpc) is 2.72. The SMILES string of the molecule is C=CCc1c[nH]c2c(OC)ccc([N+](=O)[O-])c12. The third kappa shape index (κ3) is 1.75.